The molecule has 0 bridgehead atoms. The first kappa shape index (κ1) is 12.3. The summed E-state index contributed by atoms with van der Waals surface area (Å²) in [5, 5.41) is 2.85. The monoisotopic (exact) mass is 248 g/mol. The second-order valence-electron chi connectivity index (χ2n) is 5.10. The van der Waals surface area contributed by atoms with Crippen molar-refractivity contribution in [2.24, 2.45) is 0 Å². The number of sulfonamides is 1. The highest BCUT2D eigenvalue weighted by Gasteiger charge is 2.43. The first-order chi connectivity index (χ1) is 7.44. The average molecular weight is 248 g/mol. The van der Waals surface area contributed by atoms with Gasteiger partial charge in [-0.2, -0.15) is 4.31 Å². The van der Waals surface area contributed by atoms with E-state index in [1.165, 1.54) is 0 Å². The van der Waals surface area contributed by atoms with Crippen molar-refractivity contribution in [2.75, 3.05) is 32.8 Å². The summed E-state index contributed by atoms with van der Waals surface area (Å²) in [6, 6.07) is 0. The van der Waals surface area contributed by atoms with Crippen LogP contribution < -0.4 is 5.32 Å². The fraction of sp³-hybridized carbons (Fsp3) is 1.00. The molecule has 1 atom stereocenters. The Morgan fingerprint density at radius 2 is 2.19 bits per heavy atom. The van der Waals surface area contributed by atoms with E-state index in [4.69, 9.17) is 4.74 Å². The third-order valence-corrected chi connectivity index (χ3v) is 5.85. The molecule has 0 radical (unpaired) electrons. The van der Waals surface area contributed by atoms with Crippen LogP contribution in [0.3, 0.4) is 0 Å². The van der Waals surface area contributed by atoms with Crippen LogP contribution in [0, 0.1) is 0 Å². The van der Waals surface area contributed by atoms with Crippen LogP contribution in [0.4, 0.5) is 0 Å². The van der Waals surface area contributed by atoms with Crippen molar-refractivity contribution < 1.29 is 13.2 Å². The van der Waals surface area contributed by atoms with E-state index >= 15 is 0 Å². The van der Waals surface area contributed by atoms with Crippen LogP contribution in [0.15, 0.2) is 0 Å². The van der Waals surface area contributed by atoms with Gasteiger partial charge in [-0.05, 0) is 26.8 Å². The molecule has 2 aliphatic heterocycles. The van der Waals surface area contributed by atoms with Gasteiger partial charge >= 0.3 is 0 Å². The first-order valence-corrected chi connectivity index (χ1v) is 7.25. The van der Waals surface area contributed by atoms with Crippen molar-refractivity contribution in [3.05, 3.63) is 0 Å². The van der Waals surface area contributed by atoms with E-state index in [9.17, 15) is 8.42 Å². The zero-order chi connectivity index (χ0) is 11.8. The SMILES string of the molecule is CC1(C)COCCN1S(=O)(=O)C1CCNC1. The van der Waals surface area contributed by atoms with Crippen LogP contribution in [0.1, 0.15) is 20.3 Å². The average Bonchev–Trinajstić information content (AvgIpc) is 2.69. The minimum atomic E-state index is -3.18. The van der Waals surface area contributed by atoms with Gasteiger partial charge < -0.3 is 10.1 Å². The fourth-order valence-corrected chi connectivity index (χ4v) is 4.55. The van der Waals surface area contributed by atoms with Crippen LogP contribution in [0.2, 0.25) is 0 Å². The molecule has 1 N–H and O–H groups in total. The number of nitrogens with zero attached hydrogens (tertiary/aromatic N) is 1. The van der Waals surface area contributed by atoms with Gasteiger partial charge in [-0.3, -0.25) is 0 Å². The molecule has 6 heteroatoms. The highest BCUT2D eigenvalue weighted by molar-refractivity contribution is 7.89. The van der Waals surface area contributed by atoms with E-state index in [2.05, 4.69) is 5.32 Å². The predicted octanol–water partition coefficient (Wildman–Crippen LogP) is -0.211. The van der Waals surface area contributed by atoms with Gasteiger partial charge in [-0.15, -0.1) is 0 Å². The molecule has 1 unspecified atom stereocenters. The lowest BCUT2D eigenvalue weighted by Crippen LogP contribution is -2.57. The quantitative estimate of drug-likeness (QED) is 0.734. The maximum Gasteiger partial charge on any atom is 0.218 e. The molecule has 16 heavy (non-hydrogen) atoms. The van der Waals surface area contributed by atoms with Gasteiger partial charge in [-0.25, -0.2) is 8.42 Å². The van der Waals surface area contributed by atoms with E-state index in [1.54, 1.807) is 4.31 Å². The molecule has 0 aromatic rings. The maximum atomic E-state index is 12.4. The Labute approximate surface area is 97.2 Å². The standard InChI is InChI=1S/C10H20N2O3S/c1-10(2)8-15-6-5-12(10)16(13,14)9-3-4-11-7-9/h9,11H,3-8H2,1-2H3. The van der Waals surface area contributed by atoms with Crippen LogP contribution in [0.25, 0.3) is 0 Å². The molecule has 2 saturated heterocycles. The van der Waals surface area contributed by atoms with Gasteiger partial charge in [0, 0.05) is 13.1 Å². The molecule has 0 spiro atoms. The Morgan fingerprint density at radius 3 is 2.75 bits per heavy atom. The minimum Gasteiger partial charge on any atom is -0.378 e. The van der Waals surface area contributed by atoms with Crippen LogP contribution in [-0.4, -0.2) is 56.4 Å². The fourth-order valence-electron chi connectivity index (χ4n) is 2.38. The molecular weight excluding hydrogens is 228 g/mol. The van der Waals surface area contributed by atoms with E-state index in [0.717, 1.165) is 13.0 Å². The summed E-state index contributed by atoms with van der Waals surface area (Å²) >= 11 is 0. The molecule has 5 nitrogen and oxygen atoms in total. The molecule has 0 amide bonds. The smallest absolute Gasteiger partial charge is 0.218 e. The van der Waals surface area contributed by atoms with Crippen molar-refractivity contribution in [1.29, 1.82) is 0 Å². The number of morpholine rings is 1. The second kappa shape index (κ2) is 4.25. The lowest BCUT2D eigenvalue weighted by Gasteiger charge is -2.42. The molecule has 94 valence electrons. The largest absolute Gasteiger partial charge is 0.378 e. The zero-order valence-corrected chi connectivity index (χ0v) is 10.7. The summed E-state index contributed by atoms with van der Waals surface area (Å²) in [5.41, 5.74) is -0.417. The van der Waals surface area contributed by atoms with Gasteiger partial charge in [-0.1, -0.05) is 0 Å². The molecule has 0 aromatic carbocycles. The van der Waals surface area contributed by atoms with Crippen molar-refractivity contribution >= 4 is 10.0 Å². The van der Waals surface area contributed by atoms with E-state index < -0.39 is 15.6 Å². The van der Waals surface area contributed by atoms with E-state index in [-0.39, 0.29) is 5.25 Å². The Kier molecular flexibility index (Phi) is 3.27. The lowest BCUT2D eigenvalue weighted by molar-refractivity contribution is -0.00809. The number of nitrogens with one attached hydrogen (secondary N) is 1. The van der Waals surface area contributed by atoms with Crippen LogP contribution in [0.5, 0.6) is 0 Å². The molecule has 0 aromatic heterocycles. The van der Waals surface area contributed by atoms with E-state index in [1.807, 2.05) is 13.8 Å². The van der Waals surface area contributed by atoms with Gasteiger partial charge in [0.25, 0.3) is 0 Å². The third kappa shape index (κ3) is 2.11. The summed E-state index contributed by atoms with van der Waals surface area (Å²) < 4.78 is 31.8. The molecule has 0 aliphatic carbocycles. The van der Waals surface area contributed by atoms with Gasteiger partial charge in [0.1, 0.15) is 0 Å². The van der Waals surface area contributed by atoms with Gasteiger partial charge in [0.05, 0.1) is 24.0 Å². The summed E-state index contributed by atoms with van der Waals surface area (Å²) in [6.07, 6.45) is 0.718. The third-order valence-electron chi connectivity index (χ3n) is 3.31. The van der Waals surface area contributed by atoms with Crippen molar-refractivity contribution in [3.8, 4) is 0 Å². The predicted molar refractivity (Wildman–Crippen MR) is 61.8 cm³/mol. The maximum absolute atomic E-state index is 12.4. The van der Waals surface area contributed by atoms with Crippen molar-refractivity contribution in [1.82, 2.24) is 9.62 Å². The normalized spacial score (nSPS) is 31.8. The molecular formula is C10H20N2O3S. The molecule has 2 fully saturated rings. The molecule has 0 saturated carbocycles. The summed E-state index contributed by atoms with van der Waals surface area (Å²) in [6.45, 7) is 6.68. The van der Waals surface area contributed by atoms with Crippen LogP contribution >= 0.6 is 0 Å². The number of ether oxygens (including phenoxy) is 1. The van der Waals surface area contributed by atoms with Gasteiger partial charge in [0.2, 0.25) is 10.0 Å². The number of hydrogen-bond donors (Lipinski definition) is 1. The first-order valence-electron chi connectivity index (χ1n) is 5.75. The van der Waals surface area contributed by atoms with Crippen molar-refractivity contribution in [3.63, 3.8) is 0 Å². The highest BCUT2D eigenvalue weighted by atomic mass is 32.2. The Balaban J connectivity index is 2.21. The Hall–Kier alpha value is -0.170. The molecule has 2 heterocycles. The topological polar surface area (TPSA) is 58.6 Å². The summed E-state index contributed by atoms with van der Waals surface area (Å²) in [7, 11) is -3.18. The van der Waals surface area contributed by atoms with Crippen LogP contribution in [-0.2, 0) is 14.8 Å². The molecule has 2 rings (SSSR count). The van der Waals surface area contributed by atoms with Crippen molar-refractivity contribution in [2.45, 2.75) is 31.1 Å². The lowest BCUT2D eigenvalue weighted by atomic mass is 10.1. The number of rotatable bonds is 2. The number of hydrogen-bond acceptors (Lipinski definition) is 4. The summed E-state index contributed by atoms with van der Waals surface area (Å²) in [4.78, 5) is 0. The zero-order valence-electron chi connectivity index (χ0n) is 9.90. The minimum absolute atomic E-state index is 0.259. The second-order valence-corrected chi connectivity index (χ2v) is 7.23. The summed E-state index contributed by atoms with van der Waals surface area (Å²) in [5.74, 6) is 0. The Morgan fingerprint density at radius 1 is 1.44 bits per heavy atom. The highest BCUT2D eigenvalue weighted by Crippen LogP contribution is 2.26. The van der Waals surface area contributed by atoms with E-state index in [0.29, 0.717) is 26.3 Å². The molecule has 2 aliphatic rings. The van der Waals surface area contributed by atoms with Gasteiger partial charge in [0.15, 0.2) is 0 Å². The Bertz CT molecular complexity index is 347.